The van der Waals surface area contributed by atoms with Crippen LogP contribution >= 0.6 is 11.3 Å². The first-order chi connectivity index (χ1) is 14.1. The molecule has 0 bridgehead atoms. The zero-order valence-corrected chi connectivity index (χ0v) is 15.8. The van der Waals surface area contributed by atoms with Gasteiger partial charge in [0.2, 0.25) is 4.80 Å². The normalized spacial score (nSPS) is 12.0. The third-order valence-corrected chi connectivity index (χ3v) is 4.82. The summed E-state index contributed by atoms with van der Waals surface area (Å²) in [6.07, 6.45) is 3.20. The minimum atomic E-state index is -0.449. The topological polar surface area (TPSA) is 83.0 Å². The maximum Gasteiger partial charge on any atom is 0.211 e. The number of aromatic hydroxyl groups is 2. The van der Waals surface area contributed by atoms with Crippen LogP contribution < -0.4 is 4.80 Å². The molecule has 2 N–H and O–H groups in total. The minimum Gasteiger partial charge on any atom is -0.508 e. The van der Waals surface area contributed by atoms with Crippen molar-refractivity contribution < 1.29 is 14.6 Å². The Hall–Kier alpha value is -3.78. The van der Waals surface area contributed by atoms with Crippen molar-refractivity contribution in [2.24, 2.45) is 10.1 Å². The molecule has 4 aromatic rings. The van der Waals surface area contributed by atoms with E-state index in [1.165, 1.54) is 34.2 Å². The van der Waals surface area contributed by atoms with E-state index in [0.717, 1.165) is 0 Å². The van der Waals surface area contributed by atoms with E-state index >= 15 is 0 Å². The number of rotatable bonds is 4. The third kappa shape index (κ3) is 4.07. The van der Waals surface area contributed by atoms with Crippen LogP contribution in [0.5, 0.6) is 11.5 Å². The molecule has 29 heavy (non-hydrogen) atoms. The smallest absolute Gasteiger partial charge is 0.211 e. The van der Waals surface area contributed by atoms with Gasteiger partial charge < -0.3 is 10.2 Å². The van der Waals surface area contributed by atoms with Gasteiger partial charge in [-0.25, -0.2) is 14.1 Å². The molecule has 0 spiro atoms. The van der Waals surface area contributed by atoms with Crippen molar-refractivity contribution in [3.63, 3.8) is 0 Å². The summed E-state index contributed by atoms with van der Waals surface area (Å²) >= 11 is 1.24. The van der Waals surface area contributed by atoms with E-state index < -0.39 is 5.82 Å². The second-order valence-electron chi connectivity index (χ2n) is 5.98. The fourth-order valence-corrected chi connectivity index (χ4v) is 3.47. The summed E-state index contributed by atoms with van der Waals surface area (Å²) in [6, 6.07) is 15.9. The predicted molar refractivity (Wildman–Crippen MR) is 110 cm³/mol. The summed E-state index contributed by atoms with van der Waals surface area (Å²) in [4.78, 5) is 9.00. The number of aromatic nitrogens is 2. The Bertz CT molecular complexity index is 1250. The molecule has 6 nitrogen and oxygen atoms in total. The first-order valence-electron chi connectivity index (χ1n) is 8.59. The van der Waals surface area contributed by atoms with Crippen LogP contribution in [0.2, 0.25) is 0 Å². The highest BCUT2D eigenvalue weighted by molar-refractivity contribution is 7.07. The molecule has 0 aliphatic heterocycles. The fraction of sp³-hybridized carbons (Fsp3) is 0. The maximum atomic E-state index is 14.1. The summed E-state index contributed by atoms with van der Waals surface area (Å²) in [5, 5.41) is 26.1. The quantitative estimate of drug-likeness (QED) is 0.496. The van der Waals surface area contributed by atoms with Gasteiger partial charge in [-0.15, -0.1) is 11.3 Å². The summed E-state index contributed by atoms with van der Waals surface area (Å²) in [7, 11) is 0. The van der Waals surface area contributed by atoms with Crippen molar-refractivity contribution in [3.8, 4) is 22.8 Å². The van der Waals surface area contributed by atoms with Crippen molar-refractivity contribution in [2.75, 3.05) is 0 Å². The van der Waals surface area contributed by atoms with Gasteiger partial charge in [-0.05, 0) is 36.4 Å². The number of para-hydroxylation sites is 1. The van der Waals surface area contributed by atoms with Crippen molar-refractivity contribution in [1.82, 2.24) is 9.66 Å². The number of phenolic OH excluding ortho intramolecular Hbond substituents is 2. The van der Waals surface area contributed by atoms with E-state index in [4.69, 9.17) is 0 Å². The van der Waals surface area contributed by atoms with Crippen molar-refractivity contribution in [3.05, 3.63) is 88.6 Å². The van der Waals surface area contributed by atoms with Crippen LogP contribution in [0.1, 0.15) is 5.69 Å². The molecule has 0 unspecified atom stereocenters. The van der Waals surface area contributed by atoms with E-state index in [1.807, 2.05) is 6.07 Å². The van der Waals surface area contributed by atoms with Crippen LogP contribution in [0.15, 0.2) is 82.3 Å². The van der Waals surface area contributed by atoms with Crippen LogP contribution in [0.4, 0.5) is 10.1 Å². The molecular formula is C21H15FN4O2S. The Morgan fingerprint density at radius 2 is 1.86 bits per heavy atom. The average Bonchev–Trinajstić information content (AvgIpc) is 3.11. The molecule has 0 amide bonds. The Morgan fingerprint density at radius 3 is 2.62 bits per heavy atom. The average molecular weight is 406 g/mol. The van der Waals surface area contributed by atoms with Crippen molar-refractivity contribution in [1.29, 1.82) is 0 Å². The van der Waals surface area contributed by atoms with Gasteiger partial charge in [0.25, 0.3) is 0 Å². The van der Waals surface area contributed by atoms with Gasteiger partial charge >= 0.3 is 0 Å². The van der Waals surface area contributed by atoms with Crippen molar-refractivity contribution in [2.45, 2.75) is 0 Å². The van der Waals surface area contributed by atoms with E-state index in [-0.39, 0.29) is 17.2 Å². The number of phenols is 2. The molecule has 0 atom stereocenters. The number of thiazole rings is 1. The lowest BCUT2D eigenvalue weighted by atomic mass is 10.1. The number of pyridine rings is 1. The molecule has 0 fully saturated rings. The Balaban J connectivity index is 1.89. The largest absolute Gasteiger partial charge is 0.508 e. The lowest BCUT2D eigenvalue weighted by molar-refractivity contribution is 0.451. The molecule has 0 aliphatic rings. The summed E-state index contributed by atoms with van der Waals surface area (Å²) in [5.74, 6) is -0.613. The maximum absolute atomic E-state index is 14.1. The molecular weight excluding hydrogens is 391 g/mol. The van der Waals surface area contributed by atoms with E-state index in [9.17, 15) is 14.6 Å². The zero-order chi connectivity index (χ0) is 20.2. The summed E-state index contributed by atoms with van der Waals surface area (Å²) in [5.41, 5.74) is 1.79. The zero-order valence-electron chi connectivity index (χ0n) is 15.0. The van der Waals surface area contributed by atoms with Crippen LogP contribution in [-0.4, -0.2) is 26.1 Å². The molecule has 2 aromatic carbocycles. The van der Waals surface area contributed by atoms with E-state index in [0.29, 0.717) is 21.8 Å². The van der Waals surface area contributed by atoms with E-state index in [2.05, 4.69) is 15.1 Å². The number of hydrogen-bond acceptors (Lipinski definition) is 6. The van der Waals surface area contributed by atoms with Crippen LogP contribution in [0.3, 0.4) is 0 Å². The molecule has 4 rings (SSSR count). The van der Waals surface area contributed by atoms with Gasteiger partial charge in [-0.1, -0.05) is 18.2 Å². The van der Waals surface area contributed by atoms with Gasteiger partial charge in [-0.3, -0.25) is 4.98 Å². The number of halogens is 1. The van der Waals surface area contributed by atoms with E-state index in [1.54, 1.807) is 54.2 Å². The molecule has 8 heteroatoms. The lowest BCUT2D eigenvalue weighted by Crippen LogP contribution is -2.12. The Kier molecular flexibility index (Phi) is 5.17. The highest BCUT2D eigenvalue weighted by Crippen LogP contribution is 2.32. The second-order valence-corrected chi connectivity index (χ2v) is 6.82. The third-order valence-electron chi connectivity index (χ3n) is 4.00. The monoisotopic (exact) mass is 406 g/mol. The molecule has 144 valence electrons. The van der Waals surface area contributed by atoms with Crippen LogP contribution in [-0.2, 0) is 0 Å². The van der Waals surface area contributed by atoms with Gasteiger partial charge in [0.15, 0.2) is 0 Å². The first kappa shape index (κ1) is 18.6. The summed E-state index contributed by atoms with van der Waals surface area (Å²) in [6.45, 7) is 0. The summed E-state index contributed by atoms with van der Waals surface area (Å²) < 4.78 is 15.6. The highest BCUT2D eigenvalue weighted by Gasteiger charge is 2.13. The first-order valence-corrected chi connectivity index (χ1v) is 9.47. The molecule has 0 aliphatic carbocycles. The van der Waals surface area contributed by atoms with Crippen LogP contribution in [0.25, 0.3) is 11.3 Å². The lowest BCUT2D eigenvalue weighted by Gasteiger charge is -2.06. The molecule has 2 heterocycles. The predicted octanol–water partition coefficient (Wildman–Crippen LogP) is 4.28. The standard InChI is InChI=1S/C21H15FN4O2S/c22-17-6-1-2-7-18(17)25-21-26(24-12-14-5-3-4-10-23-14)19(13-29-21)16-9-8-15(27)11-20(16)28/h1-13,27-28H. The molecule has 2 aromatic heterocycles. The minimum absolute atomic E-state index is 0.0544. The highest BCUT2D eigenvalue weighted by atomic mass is 32.1. The fourth-order valence-electron chi connectivity index (χ4n) is 2.63. The molecule has 0 saturated carbocycles. The SMILES string of the molecule is Oc1ccc(-c2csc(=Nc3ccccc3F)n2N=Cc2ccccn2)c(O)c1. The Labute approximate surface area is 169 Å². The Morgan fingerprint density at radius 1 is 1.03 bits per heavy atom. The number of nitrogens with zero attached hydrogens (tertiary/aromatic N) is 4. The van der Waals surface area contributed by atoms with Gasteiger partial charge in [-0.2, -0.15) is 5.10 Å². The van der Waals surface area contributed by atoms with Gasteiger partial charge in [0.05, 0.1) is 17.6 Å². The second kappa shape index (κ2) is 8.07. The molecule has 0 saturated heterocycles. The number of hydrogen-bond donors (Lipinski definition) is 2. The van der Waals surface area contributed by atoms with Gasteiger partial charge in [0, 0.05) is 23.2 Å². The van der Waals surface area contributed by atoms with Crippen LogP contribution in [0, 0.1) is 5.82 Å². The molecule has 0 radical (unpaired) electrons. The van der Waals surface area contributed by atoms with Gasteiger partial charge in [0.1, 0.15) is 23.0 Å². The number of benzene rings is 2. The van der Waals surface area contributed by atoms with Crippen molar-refractivity contribution >= 4 is 23.2 Å².